The molecule has 1 aliphatic carbocycles. The lowest BCUT2D eigenvalue weighted by Crippen LogP contribution is -2.29. The zero-order chi connectivity index (χ0) is 18.4. The Balaban J connectivity index is 1.60. The van der Waals surface area contributed by atoms with E-state index in [2.05, 4.69) is 15.7 Å². The number of carbonyl (C=O) groups is 2. The molecular formula is C19H30N4O2S. The number of fused-ring (bicyclic) bond motifs is 1. The van der Waals surface area contributed by atoms with Crippen LogP contribution in [0.3, 0.4) is 0 Å². The molecule has 0 bridgehead atoms. The maximum atomic E-state index is 12.5. The smallest absolute Gasteiger partial charge is 0.241 e. The summed E-state index contributed by atoms with van der Waals surface area (Å²) in [5.74, 6) is 3.11. The molecule has 7 heteroatoms. The third-order valence-corrected chi connectivity index (χ3v) is 6.22. The second-order valence-electron chi connectivity index (χ2n) is 7.37. The Hall–Kier alpha value is -1.50. The summed E-state index contributed by atoms with van der Waals surface area (Å²) in [5.41, 5.74) is 2.09. The fraction of sp³-hybridized carbons (Fsp3) is 0.737. The van der Waals surface area contributed by atoms with Gasteiger partial charge in [0.2, 0.25) is 11.8 Å². The molecule has 0 radical (unpaired) electrons. The first-order valence-electron chi connectivity index (χ1n) is 9.90. The minimum Gasteiger partial charge on any atom is -0.355 e. The predicted molar refractivity (Wildman–Crippen MR) is 105 cm³/mol. The summed E-state index contributed by atoms with van der Waals surface area (Å²) >= 11 is 1.80. The molecule has 3 rings (SSSR count). The summed E-state index contributed by atoms with van der Waals surface area (Å²) in [4.78, 5) is 24.6. The minimum absolute atomic E-state index is 0.0467. The maximum absolute atomic E-state index is 12.5. The Morgan fingerprint density at radius 1 is 1.19 bits per heavy atom. The Bertz CT molecular complexity index is 638. The van der Waals surface area contributed by atoms with Crippen molar-refractivity contribution in [2.24, 2.45) is 5.92 Å². The van der Waals surface area contributed by atoms with E-state index in [1.165, 1.54) is 32.1 Å². The first-order chi connectivity index (χ1) is 12.7. The van der Waals surface area contributed by atoms with Crippen molar-refractivity contribution in [1.29, 1.82) is 0 Å². The normalized spacial score (nSPS) is 17.1. The molecule has 6 nitrogen and oxygen atoms in total. The number of hydrogen-bond acceptors (Lipinski definition) is 4. The molecule has 0 saturated heterocycles. The van der Waals surface area contributed by atoms with Crippen molar-refractivity contribution in [3.63, 3.8) is 0 Å². The molecule has 1 aromatic rings. The van der Waals surface area contributed by atoms with Crippen LogP contribution in [0.25, 0.3) is 0 Å². The van der Waals surface area contributed by atoms with Gasteiger partial charge in [-0.3, -0.25) is 9.59 Å². The van der Waals surface area contributed by atoms with Gasteiger partial charge in [0.05, 0.1) is 5.69 Å². The van der Waals surface area contributed by atoms with E-state index in [1.807, 2.05) is 6.92 Å². The van der Waals surface area contributed by atoms with Crippen LogP contribution in [0.15, 0.2) is 0 Å². The SMILES string of the molecule is CCCNC(=O)Cn1nc2c(c1NC(=O)CCC1CCCCC1)CSC2. The lowest BCUT2D eigenvalue weighted by atomic mass is 9.86. The average Bonchev–Trinajstić information content (AvgIpc) is 3.22. The quantitative estimate of drug-likeness (QED) is 0.726. The fourth-order valence-corrected chi connectivity index (χ4v) is 4.82. The molecule has 0 aromatic carbocycles. The number of anilines is 1. The van der Waals surface area contributed by atoms with Crippen LogP contribution >= 0.6 is 11.8 Å². The van der Waals surface area contributed by atoms with Crippen molar-refractivity contribution in [2.75, 3.05) is 11.9 Å². The monoisotopic (exact) mass is 378 g/mol. The van der Waals surface area contributed by atoms with Crippen LogP contribution in [0, 0.1) is 5.92 Å². The molecule has 1 saturated carbocycles. The highest BCUT2D eigenvalue weighted by Gasteiger charge is 2.25. The van der Waals surface area contributed by atoms with Crippen LogP contribution in [0.1, 0.15) is 69.5 Å². The Morgan fingerprint density at radius 3 is 2.77 bits per heavy atom. The summed E-state index contributed by atoms with van der Waals surface area (Å²) < 4.78 is 1.67. The van der Waals surface area contributed by atoms with Gasteiger partial charge < -0.3 is 10.6 Å². The van der Waals surface area contributed by atoms with Crippen molar-refractivity contribution >= 4 is 29.4 Å². The molecule has 2 amide bonds. The standard InChI is InChI=1S/C19H30N4O2S/c1-2-10-20-18(25)11-23-19(15-12-26-13-16(15)22-23)21-17(24)9-8-14-6-4-3-5-7-14/h14H,2-13H2,1H3,(H,20,25)(H,21,24). The molecule has 26 heavy (non-hydrogen) atoms. The average molecular weight is 379 g/mol. The topological polar surface area (TPSA) is 76.0 Å². The van der Waals surface area contributed by atoms with Gasteiger partial charge >= 0.3 is 0 Å². The van der Waals surface area contributed by atoms with E-state index < -0.39 is 0 Å². The van der Waals surface area contributed by atoms with Crippen molar-refractivity contribution in [3.05, 3.63) is 11.3 Å². The van der Waals surface area contributed by atoms with Crippen LogP contribution < -0.4 is 10.6 Å². The molecule has 2 heterocycles. The van der Waals surface area contributed by atoms with Crippen LogP contribution in [-0.4, -0.2) is 28.1 Å². The molecule has 1 fully saturated rings. The van der Waals surface area contributed by atoms with Crippen LogP contribution in [0.2, 0.25) is 0 Å². The number of carbonyl (C=O) groups excluding carboxylic acids is 2. The van der Waals surface area contributed by atoms with Gasteiger partial charge in [0.25, 0.3) is 0 Å². The van der Waals surface area contributed by atoms with Crippen LogP contribution in [0.5, 0.6) is 0 Å². The first kappa shape index (κ1) is 19.3. The van der Waals surface area contributed by atoms with E-state index in [4.69, 9.17) is 0 Å². The van der Waals surface area contributed by atoms with Crippen molar-refractivity contribution in [3.8, 4) is 0 Å². The molecule has 1 aliphatic heterocycles. The second kappa shape index (κ2) is 9.44. The molecule has 1 aromatic heterocycles. The van der Waals surface area contributed by atoms with Crippen LogP contribution in [-0.2, 0) is 27.6 Å². The number of nitrogens with zero attached hydrogens (tertiary/aromatic N) is 2. The highest BCUT2D eigenvalue weighted by atomic mass is 32.2. The molecule has 2 N–H and O–H groups in total. The summed E-state index contributed by atoms with van der Waals surface area (Å²) in [7, 11) is 0. The Labute approximate surface area is 159 Å². The molecular weight excluding hydrogens is 348 g/mol. The maximum Gasteiger partial charge on any atom is 0.241 e. The van der Waals surface area contributed by atoms with Gasteiger partial charge in [0, 0.05) is 30.0 Å². The van der Waals surface area contributed by atoms with Gasteiger partial charge in [-0.05, 0) is 18.8 Å². The third kappa shape index (κ3) is 5.02. The van der Waals surface area contributed by atoms with Crippen molar-refractivity contribution < 1.29 is 9.59 Å². The van der Waals surface area contributed by atoms with Gasteiger partial charge in [0.1, 0.15) is 12.4 Å². The largest absolute Gasteiger partial charge is 0.355 e. The number of amides is 2. The number of aromatic nitrogens is 2. The first-order valence-corrected chi connectivity index (χ1v) is 11.1. The Morgan fingerprint density at radius 2 is 2.00 bits per heavy atom. The van der Waals surface area contributed by atoms with Crippen molar-refractivity contribution in [2.45, 2.75) is 76.3 Å². The summed E-state index contributed by atoms with van der Waals surface area (Å²) in [6.45, 7) is 2.85. The van der Waals surface area contributed by atoms with E-state index in [0.717, 1.165) is 41.4 Å². The number of nitrogens with one attached hydrogen (secondary N) is 2. The second-order valence-corrected chi connectivity index (χ2v) is 8.35. The molecule has 0 spiro atoms. The lowest BCUT2D eigenvalue weighted by Gasteiger charge is -2.21. The van der Waals surface area contributed by atoms with E-state index in [-0.39, 0.29) is 18.4 Å². The van der Waals surface area contributed by atoms with E-state index in [1.54, 1.807) is 16.4 Å². The third-order valence-electron chi connectivity index (χ3n) is 5.25. The highest BCUT2D eigenvalue weighted by Crippen LogP contribution is 2.35. The number of rotatable bonds is 8. The summed E-state index contributed by atoms with van der Waals surface area (Å²) in [6.07, 6.45) is 8.89. The van der Waals surface area contributed by atoms with E-state index in [9.17, 15) is 9.59 Å². The minimum atomic E-state index is -0.0571. The van der Waals surface area contributed by atoms with Gasteiger partial charge in [-0.1, -0.05) is 39.0 Å². The van der Waals surface area contributed by atoms with Crippen LogP contribution in [0.4, 0.5) is 5.82 Å². The molecule has 0 unspecified atom stereocenters. The van der Waals surface area contributed by atoms with Gasteiger partial charge in [-0.25, -0.2) is 4.68 Å². The summed E-state index contributed by atoms with van der Waals surface area (Å²) in [5, 5.41) is 10.5. The summed E-state index contributed by atoms with van der Waals surface area (Å²) in [6, 6.07) is 0. The molecule has 2 aliphatic rings. The zero-order valence-electron chi connectivity index (χ0n) is 15.7. The zero-order valence-corrected chi connectivity index (χ0v) is 16.5. The fourth-order valence-electron chi connectivity index (χ4n) is 3.78. The van der Waals surface area contributed by atoms with Gasteiger partial charge in [-0.2, -0.15) is 16.9 Å². The predicted octanol–water partition coefficient (Wildman–Crippen LogP) is 3.46. The Kier molecular flexibility index (Phi) is 7.00. The molecule has 0 atom stereocenters. The highest BCUT2D eigenvalue weighted by molar-refractivity contribution is 7.98. The van der Waals surface area contributed by atoms with E-state index in [0.29, 0.717) is 18.9 Å². The van der Waals surface area contributed by atoms with Gasteiger partial charge in [-0.15, -0.1) is 0 Å². The van der Waals surface area contributed by atoms with E-state index >= 15 is 0 Å². The van der Waals surface area contributed by atoms with Gasteiger partial charge in [0.15, 0.2) is 0 Å². The number of thioether (sulfide) groups is 1. The van der Waals surface area contributed by atoms with Crippen molar-refractivity contribution in [1.82, 2.24) is 15.1 Å². The lowest BCUT2D eigenvalue weighted by molar-refractivity contribution is -0.122. The number of hydrogen-bond donors (Lipinski definition) is 2. The molecule has 144 valence electrons.